The molecular formula is C20H17N3O3. The molecule has 0 bridgehead atoms. The second kappa shape index (κ2) is 6.48. The summed E-state index contributed by atoms with van der Waals surface area (Å²) in [5.74, 6) is 0.230. The summed E-state index contributed by atoms with van der Waals surface area (Å²) in [6.07, 6.45) is -0.652. The van der Waals surface area contributed by atoms with Gasteiger partial charge in [0.25, 0.3) is 5.89 Å². The molecule has 0 aliphatic carbocycles. The summed E-state index contributed by atoms with van der Waals surface area (Å²) in [6, 6.07) is 17.1. The highest BCUT2D eigenvalue weighted by Gasteiger charge is 2.23. The summed E-state index contributed by atoms with van der Waals surface area (Å²) < 4.78 is 11.2. The van der Waals surface area contributed by atoms with Gasteiger partial charge in [-0.2, -0.15) is 0 Å². The zero-order valence-electron chi connectivity index (χ0n) is 14.4. The second-order valence-electron chi connectivity index (χ2n) is 6.03. The van der Waals surface area contributed by atoms with Crippen LogP contribution in [0.2, 0.25) is 0 Å². The Morgan fingerprint density at radius 3 is 2.62 bits per heavy atom. The van der Waals surface area contributed by atoms with Crippen molar-refractivity contribution >= 4 is 16.9 Å². The molecule has 2 aromatic heterocycles. The lowest BCUT2D eigenvalue weighted by Gasteiger charge is -2.09. The Balaban J connectivity index is 1.56. The predicted molar refractivity (Wildman–Crippen MR) is 96.6 cm³/mol. The molecule has 0 unspecified atom stereocenters. The van der Waals surface area contributed by atoms with Gasteiger partial charge in [0.1, 0.15) is 0 Å². The summed E-state index contributed by atoms with van der Waals surface area (Å²) in [5, 5.41) is 8.87. The molecule has 2 heterocycles. The molecule has 0 aliphatic heterocycles. The van der Waals surface area contributed by atoms with Gasteiger partial charge in [0.15, 0.2) is 6.10 Å². The lowest BCUT2D eigenvalue weighted by molar-refractivity contribution is 0.0281. The Morgan fingerprint density at radius 1 is 1.08 bits per heavy atom. The number of aromatic amines is 1. The van der Waals surface area contributed by atoms with Crippen LogP contribution in [-0.4, -0.2) is 21.2 Å². The summed E-state index contributed by atoms with van der Waals surface area (Å²) in [6.45, 7) is 3.56. The summed E-state index contributed by atoms with van der Waals surface area (Å²) in [7, 11) is 0. The van der Waals surface area contributed by atoms with Crippen LogP contribution < -0.4 is 0 Å². The summed E-state index contributed by atoms with van der Waals surface area (Å²) in [5.41, 5.74) is 3.00. The summed E-state index contributed by atoms with van der Waals surface area (Å²) in [4.78, 5) is 15.9. The van der Waals surface area contributed by atoms with E-state index in [1.807, 2.05) is 61.5 Å². The number of H-pyrrole nitrogens is 1. The van der Waals surface area contributed by atoms with Crippen molar-refractivity contribution in [2.24, 2.45) is 0 Å². The van der Waals surface area contributed by atoms with Crippen LogP contribution in [0.5, 0.6) is 0 Å². The fraction of sp³-hybridized carbons (Fsp3) is 0.150. The first-order chi connectivity index (χ1) is 12.6. The zero-order chi connectivity index (χ0) is 18.1. The Bertz CT molecular complexity index is 1070. The number of hydrogen-bond acceptors (Lipinski definition) is 5. The normalized spacial score (nSPS) is 12.2. The molecule has 0 saturated carbocycles. The number of nitrogens with zero attached hydrogens (tertiary/aromatic N) is 2. The predicted octanol–water partition coefficient (Wildman–Crippen LogP) is 4.44. The number of ether oxygens (including phenoxy) is 1. The van der Waals surface area contributed by atoms with Crippen LogP contribution in [-0.2, 0) is 4.74 Å². The Labute approximate surface area is 149 Å². The second-order valence-corrected chi connectivity index (χ2v) is 6.03. The quantitative estimate of drug-likeness (QED) is 0.552. The van der Waals surface area contributed by atoms with E-state index in [9.17, 15) is 4.79 Å². The number of esters is 1. The van der Waals surface area contributed by atoms with E-state index in [-0.39, 0.29) is 5.89 Å². The number of rotatable bonds is 4. The van der Waals surface area contributed by atoms with Crippen molar-refractivity contribution in [2.75, 3.05) is 0 Å². The fourth-order valence-electron chi connectivity index (χ4n) is 2.91. The van der Waals surface area contributed by atoms with E-state index >= 15 is 0 Å². The van der Waals surface area contributed by atoms with E-state index in [4.69, 9.17) is 9.15 Å². The first-order valence-corrected chi connectivity index (χ1v) is 8.30. The standard InChI is InChI=1S/C20H17N3O3/c1-12-17(15-10-6-7-11-16(15)21-12)20(24)25-13(2)18-22-23-19(26-18)14-8-4-3-5-9-14/h3-11,13,21H,1-2H3/t13-/m0/s1. The van der Waals surface area contributed by atoms with Gasteiger partial charge in [-0.15, -0.1) is 10.2 Å². The van der Waals surface area contributed by atoms with E-state index in [1.54, 1.807) is 6.92 Å². The third-order valence-electron chi connectivity index (χ3n) is 4.19. The number of nitrogens with one attached hydrogen (secondary N) is 1. The highest BCUT2D eigenvalue weighted by Crippen LogP contribution is 2.26. The molecule has 4 rings (SSSR count). The highest BCUT2D eigenvalue weighted by molar-refractivity contribution is 6.05. The lowest BCUT2D eigenvalue weighted by Crippen LogP contribution is -2.10. The van der Waals surface area contributed by atoms with Gasteiger partial charge in [-0.25, -0.2) is 4.79 Å². The van der Waals surface area contributed by atoms with E-state index in [2.05, 4.69) is 15.2 Å². The smallest absolute Gasteiger partial charge is 0.341 e. The average molecular weight is 347 g/mol. The molecule has 0 fully saturated rings. The number of carbonyl (C=O) groups is 1. The van der Waals surface area contributed by atoms with Crippen molar-refractivity contribution in [3.63, 3.8) is 0 Å². The molecule has 130 valence electrons. The van der Waals surface area contributed by atoms with Crippen molar-refractivity contribution in [2.45, 2.75) is 20.0 Å². The van der Waals surface area contributed by atoms with Crippen molar-refractivity contribution in [1.29, 1.82) is 0 Å². The minimum atomic E-state index is -0.652. The molecule has 1 atom stereocenters. The average Bonchev–Trinajstić information content (AvgIpc) is 3.26. The largest absolute Gasteiger partial charge is 0.449 e. The Morgan fingerprint density at radius 2 is 1.81 bits per heavy atom. The van der Waals surface area contributed by atoms with E-state index in [0.717, 1.165) is 22.2 Å². The number of hydrogen-bond donors (Lipinski definition) is 1. The van der Waals surface area contributed by atoms with Crippen LogP contribution >= 0.6 is 0 Å². The van der Waals surface area contributed by atoms with Crippen LogP contribution in [0.15, 0.2) is 59.0 Å². The molecule has 4 aromatic rings. The molecule has 0 spiro atoms. The highest BCUT2D eigenvalue weighted by atomic mass is 16.6. The van der Waals surface area contributed by atoms with Crippen molar-refractivity contribution in [3.05, 3.63) is 71.7 Å². The first kappa shape index (κ1) is 16.1. The van der Waals surface area contributed by atoms with Gasteiger partial charge in [0, 0.05) is 22.2 Å². The maximum atomic E-state index is 12.7. The van der Waals surface area contributed by atoms with Crippen LogP contribution in [0, 0.1) is 6.92 Å². The van der Waals surface area contributed by atoms with Crippen LogP contribution in [0.25, 0.3) is 22.4 Å². The molecule has 6 heteroatoms. The van der Waals surface area contributed by atoms with Gasteiger partial charge in [-0.1, -0.05) is 36.4 Å². The Kier molecular flexibility index (Phi) is 4.01. The van der Waals surface area contributed by atoms with Crippen molar-refractivity contribution < 1.29 is 13.9 Å². The van der Waals surface area contributed by atoms with E-state index in [0.29, 0.717) is 11.5 Å². The van der Waals surface area contributed by atoms with Gasteiger partial charge < -0.3 is 14.1 Å². The Hall–Kier alpha value is -3.41. The molecule has 1 N–H and O–H groups in total. The van der Waals surface area contributed by atoms with Gasteiger partial charge in [-0.3, -0.25) is 0 Å². The lowest BCUT2D eigenvalue weighted by atomic mass is 10.1. The number of aromatic nitrogens is 3. The monoisotopic (exact) mass is 347 g/mol. The molecule has 0 radical (unpaired) electrons. The van der Waals surface area contributed by atoms with Gasteiger partial charge in [0.05, 0.1) is 5.56 Å². The van der Waals surface area contributed by atoms with Crippen molar-refractivity contribution in [3.8, 4) is 11.5 Å². The van der Waals surface area contributed by atoms with Crippen LogP contribution in [0.3, 0.4) is 0 Å². The number of carbonyl (C=O) groups excluding carboxylic acids is 1. The molecule has 26 heavy (non-hydrogen) atoms. The molecule has 6 nitrogen and oxygen atoms in total. The van der Waals surface area contributed by atoms with Crippen LogP contribution in [0.4, 0.5) is 0 Å². The minimum Gasteiger partial charge on any atom is -0.449 e. The molecular weight excluding hydrogens is 330 g/mol. The maximum absolute atomic E-state index is 12.7. The SMILES string of the molecule is Cc1[nH]c2ccccc2c1C(=O)O[C@@H](C)c1nnc(-c2ccccc2)o1. The molecule has 0 amide bonds. The third kappa shape index (κ3) is 2.86. The molecule has 0 saturated heterocycles. The molecule has 2 aromatic carbocycles. The fourth-order valence-corrected chi connectivity index (χ4v) is 2.91. The van der Waals surface area contributed by atoms with E-state index in [1.165, 1.54) is 0 Å². The number of para-hydroxylation sites is 1. The minimum absolute atomic E-state index is 0.259. The maximum Gasteiger partial charge on any atom is 0.341 e. The van der Waals surface area contributed by atoms with Crippen molar-refractivity contribution in [1.82, 2.24) is 15.2 Å². The number of fused-ring (bicyclic) bond motifs is 1. The molecule has 0 aliphatic rings. The van der Waals surface area contributed by atoms with Gasteiger partial charge >= 0.3 is 5.97 Å². The van der Waals surface area contributed by atoms with Gasteiger partial charge in [-0.05, 0) is 32.0 Å². The summed E-state index contributed by atoms with van der Waals surface area (Å²) >= 11 is 0. The van der Waals surface area contributed by atoms with E-state index < -0.39 is 12.1 Å². The number of aryl methyl sites for hydroxylation is 1. The van der Waals surface area contributed by atoms with Gasteiger partial charge in [0.2, 0.25) is 5.89 Å². The zero-order valence-corrected chi connectivity index (χ0v) is 14.4. The topological polar surface area (TPSA) is 81.0 Å². The van der Waals surface area contributed by atoms with Crippen LogP contribution in [0.1, 0.15) is 35.0 Å². The first-order valence-electron chi connectivity index (χ1n) is 8.30. The number of benzene rings is 2. The third-order valence-corrected chi connectivity index (χ3v) is 4.19.